The summed E-state index contributed by atoms with van der Waals surface area (Å²) in [5.41, 5.74) is 6.63. The largest absolute Gasteiger partial charge is 0.455 e. The van der Waals surface area contributed by atoms with Gasteiger partial charge in [0.05, 0.1) is 10.7 Å². The van der Waals surface area contributed by atoms with Gasteiger partial charge in [-0.05, 0) is 30.3 Å². The number of ether oxygens (including phenoxy) is 1. The van der Waals surface area contributed by atoms with Crippen molar-refractivity contribution in [1.82, 2.24) is 4.90 Å². The summed E-state index contributed by atoms with van der Waals surface area (Å²) in [5, 5.41) is -0.0495. The fourth-order valence-corrected chi connectivity index (χ4v) is 1.85. The quantitative estimate of drug-likeness (QED) is 0.882. The monoisotopic (exact) mass is 308 g/mol. The molecule has 0 aliphatic carbocycles. The molecule has 0 atom stereocenters. The maximum atomic E-state index is 13.1. The Morgan fingerprint density at radius 1 is 1.24 bits per heavy atom. The molecule has 4 nitrogen and oxygen atoms in total. The van der Waals surface area contributed by atoms with E-state index in [4.69, 9.17) is 22.1 Å². The van der Waals surface area contributed by atoms with E-state index in [2.05, 4.69) is 0 Å². The van der Waals surface area contributed by atoms with Gasteiger partial charge in [0.15, 0.2) is 5.75 Å². The summed E-state index contributed by atoms with van der Waals surface area (Å²) in [6.07, 6.45) is 0. The molecular formula is C15H14ClFN2O2. The minimum atomic E-state index is -0.534. The smallest absolute Gasteiger partial charge is 0.253 e. The van der Waals surface area contributed by atoms with Crippen LogP contribution in [0.25, 0.3) is 0 Å². The lowest BCUT2D eigenvalue weighted by Crippen LogP contribution is -2.21. The van der Waals surface area contributed by atoms with Crippen molar-refractivity contribution in [2.45, 2.75) is 0 Å². The van der Waals surface area contributed by atoms with Gasteiger partial charge in [-0.25, -0.2) is 4.39 Å². The summed E-state index contributed by atoms with van der Waals surface area (Å²) in [6.45, 7) is 0. The van der Waals surface area contributed by atoms with Gasteiger partial charge in [0.25, 0.3) is 5.91 Å². The van der Waals surface area contributed by atoms with Crippen molar-refractivity contribution in [3.63, 3.8) is 0 Å². The van der Waals surface area contributed by atoms with Crippen molar-refractivity contribution in [2.75, 3.05) is 19.8 Å². The Morgan fingerprint density at radius 2 is 1.95 bits per heavy atom. The third-order valence-corrected chi connectivity index (χ3v) is 3.08. The molecule has 1 amide bonds. The molecule has 110 valence electrons. The van der Waals surface area contributed by atoms with Gasteiger partial charge in [0, 0.05) is 25.7 Å². The van der Waals surface area contributed by atoms with E-state index in [9.17, 15) is 9.18 Å². The third-order valence-electron chi connectivity index (χ3n) is 2.79. The van der Waals surface area contributed by atoms with Crippen LogP contribution in [0.3, 0.4) is 0 Å². The average molecular weight is 309 g/mol. The van der Waals surface area contributed by atoms with Crippen molar-refractivity contribution in [3.8, 4) is 11.5 Å². The molecule has 0 aromatic heterocycles. The van der Waals surface area contributed by atoms with Crippen LogP contribution in [0, 0.1) is 5.82 Å². The molecule has 2 aromatic carbocycles. The molecule has 0 radical (unpaired) electrons. The molecule has 2 rings (SSSR count). The van der Waals surface area contributed by atoms with E-state index in [1.165, 1.54) is 29.2 Å². The van der Waals surface area contributed by atoms with Crippen molar-refractivity contribution in [2.24, 2.45) is 0 Å². The fraction of sp³-hybridized carbons (Fsp3) is 0.133. The summed E-state index contributed by atoms with van der Waals surface area (Å²) in [6, 6.07) is 8.70. The number of nitrogens with two attached hydrogens (primary N) is 1. The van der Waals surface area contributed by atoms with Crippen LogP contribution >= 0.6 is 11.6 Å². The summed E-state index contributed by atoms with van der Waals surface area (Å²) < 4.78 is 18.7. The number of carbonyl (C=O) groups excluding carboxylic acids is 1. The van der Waals surface area contributed by atoms with Gasteiger partial charge in [-0.3, -0.25) is 4.79 Å². The first kappa shape index (κ1) is 15.1. The molecule has 0 saturated carbocycles. The first-order valence-electron chi connectivity index (χ1n) is 6.12. The molecule has 21 heavy (non-hydrogen) atoms. The summed E-state index contributed by atoms with van der Waals surface area (Å²) in [5.74, 6) is -0.0570. The molecule has 0 heterocycles. The van der Waals surface area contributed by atoms with Crippen molar-refractivity contribution < 1.29 is 13.9 Å². The topological polar surface area (TPSA) is 55.6 Å². The normalized spacial score (nSPS) is 10.3. The highest BCUT2D eigenvalue weighted by molar-refractivity contribution is 6.30. The summed E-state index contributed by atoms with van der Waals surface area (Å²) in [7, 11) is 3.30. The predicted octanol–water partition coefficient (Wildman–Crippen LogP) is 3.56. The number of carbonyl (C=O) groups is 1. The van der Waals surface area contributed by atoms with E-state index in [-0.39, 0.29) is 10.9 Å². The Morgan fingerprint density at radius 3 is 2.57 bits per heavy atom. The number of benzene rings is 2. The maximum Gasteiger partial charge on any atom is 0.253 e. The van der Waals surface area contributed by atoms with Gasteiger partial charge in [0.1, 0.15) is 11.6 Å². The van der Waals surface area contributed by atoms with Crippen molar-refractivity contribution >= 4 is 23.2 Å². The van der Waals surface area contributed by atoms with Gasteiger partial charge in [-0.2, -0.15) is 0 Å². The van der Waals surface area contributed by atoms with E-state index < -0.39 is 5.82 Å². The molecule has 0 unspecified atom stereocenters. The van der Waals surface area contributed by atoms with E-state index in [0.717, 1.165) is 0 Å². The Kier molecular flexibility index (Phi) is 4.33. The molecule has 2 N–H and O–H groups in total. The van der Waals surface area contributed by atoms with E-state index in [0.29, 0.717) is 22.7 Å². The van der Waals surface area contributed by atoms with Gasteiger partial charge in [-0.15, -0.1) is 0 Å². The lowest BCUT2D eigenvalue weighted by Gasteiger charge is -2.13. The van der Waals surface area contributed by atoms with Crippen LogP contribution in [0.15, 0.2) is 36.4 Å². The van der Waals surface area contributed by atoms with Gasteiger partial charge in [0.2, 0.25) is 0 Å². The summed E-state index contributed by atoms with van der Waals surface area (Å²) >= 11 is 5.70. The minimum absolute atomic E-state index is 0.0495. The maximum absolute atomic E-state index is 13.1. The molecule has 0 bridgehead atoms. The number of halogens is 2. The van der Waals surface area contributed by atoms with Gasteiger partial charge in [-0.1, -0.05) is 11.6 Å². The Hall–Kier alpha value is -2.27. The number of hydrogen-bond acceptors (Lipinski definition) is 3. The Labute approximate surface area is 126 Å². The Bertz CT molecular complexity index is 689. The molecule has 6 heteroatoms. The molecular weight excluding hydrogens is 295 g/mol. The van der Waals surface area contributed by atoms with Gasteiger partial charge < -0.3 is 15.4 Å². The van der Waals surface area contributed by atoms with Crippen LogP contribution in [0.4, 0.5) is 10.1 Å². The van der Waals surface area contributed by atoms with Gasteiger partial charge >= 0.3 is 0 Å². The SMILES string of the molecule is CN(C)C(=O)c1ccc(N)c(Oc2ccc(F)c(Cl)c2)c1. The van der Waals surface area contributed by atoms with Crippen LogP contribution in [-0.2, 0) is 0 Å². The Balaban J connectivity index is 2.32. The highest BCUT2D eigenvalue weighted by atomic mass is 35.5. The first-order chi connectivity index (χ1) is 9.88. The van der Waals surface area contributed by atoms with Crippen LogP contribution in [0.1, 0.15) is 10.4 Å². The van der Waals surface area contributed by atoms with Crippen molar-refractivity contribution in [1.29, 1.82) is 0 Å². The van der Waals surface area contributed by atoms with E-state index >= 15 is 0 Å². The highest BCUT2D eigenvalue weighted by Crippen LogP contribution is 2.30. The number of amides is 1. The first-order valence-corrected chi connectivity index (χ1v) is 6.50. The van der Waals surface area contributed by atoms with Crippen LogP contribution < -0.4 is 10.5 Å². The second-order valence-corrected chi connectivity index (χ2v) is 5.04. The molecule has 0 fully saturated rings. The number of nitrogen functional groups attached to an aromatic ring is 1. The predicted molar refractivity (Wildman–Crippen MR) is 80.4 cm³/mol. The average Bonchev–Trinajstić information content (AvgIpc) is 2.44. The zero-order valence-corrected chi connectivity index (χ0v) is 12.3. The number of rotatable bonds is 3. The molecule has 0 spiro atoms. The molecule has 0 aliphatic heterocycles. The second-order valence-electron chi connectivity index (χ2n) is 4.63. The van der Waals surface area contributed by atoms with E-state index in [1.54, 1.807) is 26.2 Å². The molecule has 2 aromatic rings. The van der Waals surface area contributed by atoms with Crippen molar-refractivity contribution in [3.05, 3.63) is 52.8 Å². The third kappa shape index (κ3) is 3.44. The van der Waals surface area contributed by atoms with Crippen LogP contribution in [-0.4, -0.2) is 24.9 Å². The summed E-state index contributed by atoms with van der Waals surface area (Å²) in [4.78, 5) is 13.4. The second kappa shape index (κ2) is 6.01. The van der Waals surface area contributed by atoms with E-state index in [1.807, 2.05) is 0 Å². The standard InChI is InChI=1S/C15H14ClFN2O2/c1-19(2)15(20)9-3-6-13(18)14(7-9)21-10-4-5-12(17)11(16)8-10/h3-8H,18H2,1-2H3. The number of hydrogen-bond donors (Lipinski definition) is 1. The fourth-order valence-electron chi connectivity index (χ4n) is 1.68. The van der Waals surface area contributed by atoms with Crippen LogP contribution in [0.5, 0.6) is 11.5 Å². The van der Waals surface area contributed by atoms with Crippen LogP contribution in [0.2, 0.25) is 5.02 Å². The highest BCUT2D eigenvalue weighted by Gasteiger charge is 2.12. The number of anilines is 1. The minimum Gasteiger partial charge on any atom is -0.455 e. The lowest BCUT2D eigenvalue weighted by atomic mass is 10.1. The number of nitrogens with zero attached hydrogens (tertiary/aromatic N) is 1. The molecule has 0 saturated heterocycles. The lowest BCUT2D eigenvalue weighted by molar-refractivity contribution is 0.0827. The molecule has 0 aliphatic rings. The zero-order valence-electron chi connectivity index (χ0n) is 11.6. The zero-order chi connectivity index (χ0) is 15.6.